The lowest BCUT2D eigenvalue weighted by molar-refractivity contribution is 0.824. The van der Waals surface area contributed by atoms with E-state index >= 15 is 0 Å². The Morgan fingerprint density at radius 1 is 0.714 bits per heavy atom. The van der Waals surface area contributed by atoms with Crippen molar-refractivity contribution in [1.29, 1.82) is 0 Å². The van der Waals surface area contributed by atoms with Crippen LogP contribution in [0.5, 0.6) is 0 Å². The molecule has 4 nitrogen and oxygen atoms in total. The monoisotopic (exact) mass is 153 g/mol. The van der Waals surface area contributed by atoms with E-state index in [1.807, 2.05) is 0 Å². The van der Waals surface area contributed by atoms with Crippen LogP contribution in [-0.4, -0.2) is 19.0 Å². The SMILES string of the molecule is O.n1pnpnp1. The van der Waals surface area contributed by atoms with E-state index in [1.165, 1.54) is 0 Å². The minimum Gasteiger partial charge on any atom is -0.412 e. The van der Waals surface area contributed by atoms with Gasteiger partial charge in [-0.2, -0.15) is 13.5 Å². The fraction of sp³-hybridized carbons (Fsp3) is 0. The van der Waals surface area contributed by atoms with Gasteiger partial charge in [0, 0.05) is 0 Å². The molecule has 0 saturated carbocycles. The molecule has 0 fully saturated rings. The fourth-order valence-electron chi connectivity index (χ4n) is 0.107. The largest absolute Gasteiger partial charge is 0.412 e. The Hall–Kier alpha value is 0.260. The second-order valence-corrected chi connectivity index (χ2v) is 3.22. The molecule has 0 aliphatic rings. The molecule has 0 amide bonds. The molecule has 2 N–H and O–H groups in total. The van der Waals surface area contributed by atoms with Crippen LogP contribution in [0.25, 0.3) is 0 Å². The van der Waals surface area contributed by atoms with E-state index in [0.29, 0.717) is 0 Å². The predicted octanol–water partition coefficient (Wildman–Crippen LogP) is 0.787. The standard InChI is InChI=1S/N3P3.H2O/c1-4-2-6-3-5-1;/h;1H2. The quantitative estimate of drug-likeness (QED) is 0.552. The summed E-state index contributed by atoms with van der Waals surface area (Å²) in [5.74, 6) is 0. The van der Waals surface area contributed by atoms with Crippen molar-refractivity contribution >= 4 is 25.5 Å². The maximum atomic E-state index is 3.78. The van der Waals surface area contributed by atoms with Crippen LogP contribution in [0.2, 0.25) is 0 Å². The average Bonchev–Trinajstić information content (AvgIpc) is 1.72. The number of nitrogens with zero attached hydrogens (tertiary/aromatic N) is 3. The zero-order chi connectivity index (χ0) is 4.24. The second-order valence-electron chi connectivity index (χ2n) is 0.537. The van der Waals surface area contributed by atoms with Gasteiger partial charge in [-0.05, 0) is 0 Å². The van der Waals surface area contributed by atoms with Crippen molar-refractivity contribution in [2.24, 2.45) is 0 Å². The zero-order valence-corrected chi connectivity index (χ0v) is 5.87. The van der Waals surface area contributed by atoms with Gasteiger partial charge in [0.25, 0.3) is 0 Å². The Kier molecular flexibility index (Phi) is 4.58. The maximum absolute atomic E-state index is 3.78. The number of hydrogen-bond acceptors (Lipinski definition) is 3. The first-order valence-corrected chi connectivity index (χ1v) is 3.60. The Labute approximate surface area is 45.4 Å². The van der Waals surface area contributed by atoms with E-state index in [0.717, 1.165) is 25.5 Å². The Morgan fingerprint density at radius 2 is 1.00 bits per heavy atom. The molecule has 0 aromatic carbocycles. The van der Waals surface area contributed by atoms with Gasteiger partial charge in [-0.25, -0.2) is 0 Å². The Balaban J connectivity index is 0.000000360. The van der Waals surface area contributed by atoms with Crippen molar-refractivity contribution < 1.29 is 5.48 Å². The fourth-order valence-corrected chi connectivity index (χ4v) is 1.93. The first kappa shape index (κ1) is 7.26. The number of aromatic nitrogens is 3. The summed E-state index contributed by atoms with van der Waals surface area (Å²) in [6.45, 7) is 0. The minimum atomic E-state index is 0. The van der Waals surface area contributed by atoms with Crippen LogP contribution < -0.4 is 0 Å². The summed E-state index contributed by atoms with van der Waals surface area (Å²) in [7, 11) is 2.49. The molecule has 0 aliphatic carbocycles. The highest BCUT2D eigenvalue weighted by molar-refractivity contribution is 7.43. The third kappa shape index (κ3) is 2.90. The van der Waals surface area contributed by atoms with Gasteiger partial charge >= 0.3 is 0 Å². The summed E-state index contributed by atoms with van der Waals surface area (Å²) in [5.41, 5.74) is 0. The third-order valence-electron chi connectivity index (χ3n) is 0.240. The average molecular weight is 153 g/mol. The topological polar surface area (TPSA) is 70.2 Å². The number of hydrogen-bond donors (Lipinski definition) is 0. The number of rotatable bonds is 0. The highest BCUT2D eigenvalue weighted by Gasteiger charge is 1.64. The van der Waals surface area contributed by atoms with Gasteiger partial charge in [0.15, 0.2) is 25.5 Å². The first-order chi connectivity index (χ1) is 3.00. The van der Waals surface area contributed by atoms with Crippen molar-refractivity contribution in [3.8, 4) is 0 Å². The molecule has 1 aromatic heterocycles. The highest BCUT2D eigenvalue weighted by Crippen LogP contribution is 2.01. The Morgan fingerprint density at radius 3 is 1.14 bits per heavy atom. The normalized spacial score (nSPS) is 10.3. The molecule has 0 aliphatic heterocycles. The van der Waals surface area contributed by atoms with Crippen LogP contribution in [0.4, 0.5) is 0 Å². The van der Waals surface area contributed by atoms with Crippen LogP contribution >= 0.6 is 25.5 Å². The predicted molar refractivity (Wildman–Crippen MR) is 31.0 cm³/mol. The van der Waals surface area contributed by atoms with Crippen LogP contribution in [0.15, 0.2) is 0 Å². The molecular formula is H2N3OP3. The lowest BCUT2D eigenvalue weighted by Gasteiger charge is -1.64. The smallest absolute Gasteiger partial charge is 0.166 e. The van der Waals surface area contributed by atoms with E-state index in [9.17, 15) is 0 Å². The van der Waals surface area contributed by atoms with Crippen molar-refractivity contribution in [2.75, 3.05) is 0 Å². The molecule has 0 bridgehead atoms. The van der Waals surface area contributed by atoms with E-state index in [1.54, 1.807) is 0 Å². The molecule has 0 atom stereocenters. The summed E-state index contributed by atoms with van der Waals surface area (Å²) in [6, 6.07) is 0. The molecule has 1 rings (SSSR count). The molecule has 0 saturated heterocycles. The molecule has 7 heteroatoms. The van der Waals surface area contributed by atoms with Gasteiger partial charge in [0.2, 0.25) is 0 Å². The second kappa shape index (κ2) is 4.42. The van der Waals surface area contributed by atoms with E-state index < -0.39 is 0 Å². The van der Waals surface area contributed by atoms with Crippen LogP contribution in [0.1, 0.15) is 0 Å². The summed E-state index contributed by atoms with van der Waals surface area (Å²) >= 11 is 0. The molecule has 0 radical (unpaired) electrons. The minimum absolute atomic E-state index is 0. The maximum Gasteiger partial charge on any atom is 0.166 e. The summed E-state index contributed by atoms with van der Waals surface area (Å²) in [4.78, 5) is 0. The van der Waals surface area contributed by atoms with Crippen molar-refractivity contribution in [3.05, 3.63) is 0 Å². The van der Waals surface area contributed by atoms with Crippen molar-refractivity contribution in [3.63, 3.8) is 0 Å². The van der Waals surface area contributed by atoms with Crippen LogP contribution in [0, 0.1) is 0 Å². The van der Waals surface area contributed by atoms with Crippen molar-refractivity contribution in [1.82, 2.24) is 13.5 Å². The molecule has 0 spiro atoms. The lowest BCUT2D eigenvalue weighted by atomic mass is 13.9. The third-order valence-corrected chi connectivity index (χ3v) is 2.16. The zero-order valence-electron chi connectivity index (χ0n) is 3.18. The summed E-state index contributed by atoms with van der Waals surface area (Å²) in [6.07, 6.45) is 0. The highest BCUT2D eigenvalue weighted by atomic mass is 31.1. The van der Waals surface area contributed by atoms with Gasteiger partial charge in [-0.15, -0.1) is 0 Å². The van der Waals surface area contributed by atoms with Crippen LogP contribution in [0.3, 0.4) is 0 Å². The molecular weight excluding hydrogens is 151 g/mol. The van der Waals surface area contributed by atoms with Crippen molar-refractivity contribution in [2.45, 2.75) is 0 Å². The Bertz CT molecular complexity index is 82.1. The summed E-state index contributed by atoms with van der Waals surface area (Å²) < 4.78 is 11.3. The molecule has 0 unspecified atom stereocenters. The van der Waals surface area contributed by atoms with Gasteiger partial charge in [-0.1, -0.05) is 0 Å². The van der Waals surface area contributed by atoms with Gasteiger partial charge in [0.05, 0.1) is 0 Å². The summed E-state index contributed by atoms with van der Waals surface area (Å²) in [5, 5.41) is 0. The van der Waals surface area contributed by atoms with Gasteiger partial charge in [-0.3, -0.25) is 0 Å². The molecule has 1 aromatic rings. The van der Waals surface area contributed by atoms with E-state index in [4.69, 9.17) is 0 Å². The van der Waals surface area contributed by atoms with E-state index in [2.05, 4.69) is 13.5 Å². The van der Waals surface area contributed by atoms with Gasteiger partial charge in [0.1, 0.15) is 0 Å². The van der Waals surface area contributed by atoms with E-state index in [-0.39, 0.29) is 5.48 Å². The molecule has 1 heterocycles. The lowest BCUT2D eigenvalue weighted by Crippen LogP contribution is -1.47. The first-order valence-electron chi connectivity index (χ1n) is 1.20. The van der Waals surface area contributed by atoms with Gasteiger partial charge < -0.3 is 5.48 Å². The molecule has 7 heavy (non-hydrogen) atoms. The van der Waals surface area contributed by atoms with Crippen LogP contribution in [-0.2, 0) is 0 Å². The molecule has 38 valence electrons.